The number of ether oxygens (including phenoxy) is 1. The van der Waals surface area contributed by atoms with Gasteiger partial charge in [-0.05, 0) is 86.5 Å². The quantitative estimate of drug-likeness (QED) is 0.508. The van der Waals surface area contributed by atoms with E-state index in [1.54, 1.807) is 5.06 Å². The van der Waals surface area contributed by atoms with E-state index in [0.29, 0.717) is 38.5 Å². The van der Waals surface area contributed by atoms with E-state index in [9.17, 15) is 9.50 Å². The summed E-state index contributed by atoms with van der Waals surface area (Å²) in [7, 11) is 0. The zero-order valence-electron chi connectivity index (χ0n) is 20.6. The molecule has 2 heterocycles. The van der Waals surface area contributed by atoms with Crippen LogP contribution in [0, 0.1) is 5.92 Å². The summed E-state index contributed by atoms with van der Waals surface area (Å²) < 4.78 is 20.8. The van der Waals surface area contributed by atoms with Crippen molar-refractivity contribution in [3.8, 4) is 22.6 Å². The maximum Gasteiger partial charge on any atom is 0.147 e. The van der Waals surface area contributed by atoms with E-state index < -0.39 is 5.67 Å². The molecule has 0 radical (unpaired) electrons. The Labute approximate surface area is 203 Å². The first-order chi connectivity index (χ1) is 16.5. The van der Waals surface area contributed by atoms with Crippen LogP contribution in [0.3, 0.4) is 0 Å². The summed E-state index contributed by atoms with van der Waals surface area (Å²) in [6, 6.07) is 16.3. The number of alkyl halides is 1. The fourth-order valence-corrected chi connectivity index (χ4v) is 4.79. The van der Waals surface area contributed by atoms with Crippen LogP contribution in [0.5, 0.6) is 11.5 Å². The molecule has 34 heavy (non-hydrogen) atoms. The highest BCUT2D eigenvalue weighted by atomic mass is 19.1. The summed E-state index contributed by atoms with van der Waals surface area (Å²) >= 11 is 0. The molecule has 0 saturated carbocycles. The van der Waals surface area contributed by atoms with Crippen LogP contribution >= 0.6 is 0 Å². The number of β-amino-alcohol motifs (C(OH)–C–C–N with tert-alkyl or cyclic N) is 1. The molecule has 2 saturated heterocycles. The monoisotopic (exact) mass is 470 g/mol. The number of likely N-dealkylation sites (tertiary alicyclic amines) is 1. The number of benzene rings is 2. The molecule has 0 spiro atoms. The molecule has 186 valence electrons. The van der Waals surface area contributed by atoms with Gasteiger partial charge in [0, 0.05) is 13.1 Å². The Kier molecular flexibility index (Phi) is 8.46. The smallest absolute Gasteiger partial charge is 0.147 e. The number of hydroxylamine groups is 2. The van der Waals surface area contributed by atoms with Gasteiger partial charge in [-0.15, -0.1) is 5.06 Å². The number of hydrogen-bond donors (Lipinski definition) is 1. The first-order valence-electron chi connectivity index (χ1n) is 12.8. The Balaban J connectivity index is 1.21. The van der Waals surface area contributed by atoms with Crippen LogP contribution in [0.4, 0.5) is 4.39 Å². The van der Waals surface area contributed by atoms with Crippen molar-refractivity contribution in [2.45, 2.75) is 57.7 Å². The summed E-state index contributed by atoms with van der Waals surface area (Å²) in [6.07, 6.45) is 3.76. The van der Waals surface area contributed by atoms with Crippen molar-refractivity contribution in [2.75, 3.05) is 39.3 Å². The SMILES string of the molecule is CCC(F)(CC)CN1CCC(COc2ccc(-c3ccc(ON4CCC(O)C4)cc3)cc2)CC1. The highest BCUT2D eigenvalue weighted by Gasteiger charge is 2.30. The van der Waals surface area contributed by atoms with Crippen LogP contribution in [-0.4, -0.2) is 66.2 Å². The fourth-order valence-electron chi connectivity index (χ4n) is 4.79. The number of hydrogen-bond acceptors (Lipinski definition) is 5. The molecule has 4 rings (SSSR count). The second kappa shape index (κ2) is 11.5. The lowest BCUT2D eigenvalue weighted by Crippen LogP contribution is -2.44. The van der Waals surface area contributed by atoms with Gasteiger partial charge in [0.05, 0.1) is 19.3 Å². The molecule has 0 aliphatic carbocycles. The Morgan fingerprint density at radius 1 is 0.882 bits per heavy atom. The van der Waals surface area contributed by atoms with E-state index in [-0.39, 0.29) is 6.10 Å². The summed E-state index contributed by atoms with van der Waals surface area (Å²) in [5, 5.41) is 11.4. The molecule has 0 amide bonds. The average molecular weight is 471 g/mol. The maximum atomic E-state index is 14.7. The zero-order chi connectivity index (χ0) is 24.0. The highest BCUT2D eigenvalue weighted by molar-refractivity contribution is 5.64. The van der Waals surface area contributed by atoms with Gasteiger partial charge >= 0.3 is 0 Å². The predicted molar refractivity (Wildman–Crippen MR) is 134 cm³/mol. The third-order valence-electron chi connectivity index (χ3n) is 7.37. The molecule has 5 nitrogen and oxygen atoms in total. The van der Waals surface area contributed by atoms with Crippen molar-refractivity contribution in [1.29, 1.82) is 0 Å². The lowest BCUT2D eigenvalue weighted by Gasteiger charge is -2.36. The van der Waals surface area contributed by atoms with Crippen molar-refractivity contribution in [3.05, 3.63) is 48.5 Å². The number of halogens is 1. The van der Waals surface area contributed by atoms with Crippen LogP contribution < -0.4 is 9.57 Å². The number of nitrogens with zero attached hydrogens (tertiary/aromatic N) is 2. The molecule has 1 N–H and O–H groups in total. The van der Waals surface area contributed by atoms with Crippen LogP contribution in [0.2, 0.25) is 0 Å². The Morgan fingerprint density at radius 3 is 2.00 bits per heavy atom. The second-order valence-electron chi connectivity index (χ2n) is 9.86. The average Bonchev–Trinajstić information content (AvgIpc) is 3.28. The fraction of sp³-hybridized carbons (Fsp3) is 0.571. The highest BCUT2D eigenvalue weighted by Crippen LogP contribution is 2.28. The van der Waals surface area contributed by atoms with Crippen LogP contribution in [0.1, 0.15) is 46.0 Å². The van der Waals surface area contributed by atoms with Gasteiger partial charge in [-0.3, -0.25) is 0 Å². The van der Waals surface area contributed by atoms with Gasteiger partial charge in [0.15, 0.2) is 0 Å². The third kappa shape index (κ3) is 6.71. The Bertz CT molecular complexity index is 878. The van der Waals surface area contributed by atoms with Gasteiger partial charge in [0.25, 0.3) is 0 Å². The van der Waals surface area contributed by atoms with E-state index >= 15 is 0 Å². The minimum atomic E-state index is -1.05. The molecule has 2 aliphatic heterocycles. The van der Waals surface area contributed by atoms with Gasteiger partial charge in [0.2, 0.25) is 0 Å². The number of rotatable bonds is 10. The normalized spacial score (nSPS) is 20.5. The first-order valence-corrected chi connectivity index (χ1v) is 12.8. The summed E-state index contributed by atoms with van der Waals surface area (Å²) in [4.78, 5) is 8.10. The van der Waals surface area contributed by atoms with Gasteiger partial charge in [0.1, 0.15) is 17.2 Å². The number of aliphatic hydroxyl groups is 1. The van der Waals surface area contributed by atoms with E-state index in [0.717, 1.165) is 61.5 Å². The van der Waals surface area contributed by atoms with E-state index in [1.165, 1.54) is 0 Å². The topological polar surface area (TPSA) is 45.2 Å². The minimum absolute atomic E-state index is 0.295. The van der Waals surface area contributed by atoms with E-state index in [4.69, 9.17) is 9.57 Å². The molecule has 2 aromatic rings. The van der Waals surface area contributed by atoms with Crippen molar-refractivity contribution in [1.82, 2.24) is 9.96 Å². The lowest BCUT2D eigenvalue weighted by molar-refractivity contribution is -0.0440. The molecular weight excluding hydrogens is 431 g/mol. The van der Waals surface area contributed by atoms with Crippen LogP contribution in [0.25, 0.3) is 11.1 Å². The minimum Gasteiger partial charge on any atom is -0.493 e. The zero-order valence-corrected chi connectivity index (χ0v) is 20.6. The van der Waals surface area contributed by atoms with Gasteiger partial charge in [-0.2, -0.15) is 0 Å². The summed E-state index contributed by atoms with van der Waals surface area (Å²) in [5.74, 6) is 2.20. The Hall–Kier alpha value is -2.15. The second-order valence-corrected chi connectivity index (χ2v) is 9.86. The molecule has 1 atom stereocenters. The van der Waals surface area contributed by atoms with Crippen molar-refractivity contribution < 1.29 is 19.1 Å². The molecule has 1 unspecified atom stereocenters. The summed E-state index contributed by atoms with van der Waals surface area (Å²) in [5.41, 5.74) is 1.21. The molecule has 0 aromatic heterocycles. The molecule has 2 aliphatic rings. The molecule has 2 aromatic carbocycles. The number of piperidine rings is 1. The summed E-state index contributed by atoms with van der Waals surface area (Å²) in [6.45, 7) is 8.38. The molecule has 6 heteroatoms. The number of aliphatic hydroxyl groups excluding tert-OH is 1. The Morgan fingerprint density at radius 2 is 1.47 bits per heavy atom. The van der Waals surface area contributed by atoms with Crippen LogP contribution in [0.15, 0.2) is 48.5 Å². The lowest BCUT2D eigenvalue weighted by atomic mass is 9.94. The molecule has 2 fully saturated rings. The van der Waals surface area contributed by atoms with Crippen molar-refractivity contribution >= 4 is 0 Å². The first kappa shape index (κ1) is 25.0. The molecule has 0 bridgehead atoms. The third-order valence-corrected chi connectivity index (χ3v) is 7.37. The van der Waals surface area contributed by atoms with Crippen LogP contribution in [-0.2, 0) is 0 Å². The predicted octanol–water partition coefficient (Wildman–Crippen LogP) is 5.33. The van der Waals surface area contributed by atoms with Gasteiger partial charge in [-0.25, -0.2) is 4.39 Å². The largest absolute Gasteiger partial charge is 0.493 e. The maximum absolute atomic E-state index is 14.7. The van der Waals surface area contributed by atoms with Gasteiger partial charge < -0.3 is 19.6 Å². The van der Waals surface area contributed by atoms with E-state index in [1.807, 2.05) is 38.1 Å². The standard InChI is InChI=1S/C28H39FN2O3/c1-3-28(29,4-2)21-30-16-13-22(14-17-30)20-33-26-9-5-23(6-10-26)24-7-11-27(12-8-24)34-31-18-15-25(32)19-31/h5-12,22,25,32H,3-4,13-21H2,1-2H3. The van der Waals surface area contributed by atoms with Crippen molar-refractivity contribution in [3.63, 3.8) is 0 Å². The van der Waals surface area contributed by atoms with E-state index in [2.05, 4.69) is 29.2 Å². The van der Waals surface area contributed by atoms with Gasteiger partial charge in [-0.1, -0.05) is 38.1 Å². The molecular formula is C28H39FN2O3. The van der Waals surface area contributed by atoms with Crippen molar-refractivity contribution in [2.24, 2.45) is 5.92 Å².